The smallest absolute Gasteiger partial charge is 0.115 e. The maximum Gasteiger partial charge on any atom is 0.115 e. The van der Waals surface area contributed by atoms with E-state index in [4.69, 9.17) is 4.74 Å². The lowest BCUT2D eigenvalue weighted by Gasteiger charge is -2.57. The first-order valence-corrected chi connectivity index (χ1v) is 7.88. The molecule has 0 saturated heterocycles. The summed E-state index contributed by atoms with van der Waals surface area (Å²) in [4.78, 5) is 2.38. The predicted molar refractivity (Wildman–Crippen MR) is 84.8 cm³/mol. The van der Waals surface area contributed by atoms with Gasteiger partial charge in [0, 0.05) is 18.6 Å². The third kappa shape index (κ3) is 2.27. The molecule has 0 unspecified atom stereocenters. The van der Waals surface area contributed by atoms with E-state index in [0.29, 0.717) is 11.8 Å². The molecular weight excluding hydrogens is 262 g/mol. The van der Waals surface area contributed by atoms with Crippen LogP contribution in [0.5, 0.6) is 5.75 Å². The van der Waals surface area contributed by atoms with E-state index >= 15 is 0 Å². The van der Waals surface area contributed by atoms with Gasteiger partial charge < -0.3 is 14.7 Å². The zero-order chi connectivity index (χ0) is 15.3. The van der Waals surface area contributed by atoms with Gasteiger partial charge in [0.25, 0.3) is 0 Å². The highest BCUT2D eigenvalue weighted by molar-refractivity contribution is 5.44. The molecule has 0 aromatic heterocycles. The fourth-order valence-corrected chi connectivity index (χ4v) is 5.11. The maximum atomic E-state index is 9.87. The van der Waals surface area contributed by atoms with Crippen LogP contribution in [-0.2, 0) is 16.6 Å². The van der Waals surface area contributed by atoms with Crippen LogP contribution >= 0.6 is 0 Å². The lowest BCUT2D eigenvalue weighted by molar-refractivity contribution is -0.0467. The average Bonchev–Trinajstić information content (AvgIpc) is 2.39. The number of rotatable bonds is 3. The summed E-state index contributed by atoms with van der Waals surface area (Å²) < 4.78 is 5.65. The summed E-state index contributed by atoms with van der Waals surface area (Å²) in [6.45, 7) is 3.17. The Morgan fingerprint density at radius 3 is 2.81 bits per heavy atom. The van der Waals surface area contributed by atoms with Gasteiger partial charge in [-0.25, -0.2) is 0 Å². The lowest BCUT2D eigenvalue weighted by atomic mass is 9.52. The molecule has 0 radical (unpaired) electrons. The fraction of sp³-hybridized carbons (Fsp3) is 0.667. The Labute approximate surface area is 127 Å². The zero-order valence-corrected chi connectivity index (χ0v) is 13.6. The first kappa shape index (κ1) is 14.9. The van der Waals surface area contributed by atoms with Crippen LogP contribution in [0.4, 0.5) is 0 Å². The van der Waals surface area contributed by atoms with Crippen molar-refractivity contribution in [1.82, 2.24) is 4.90 Å². The number of nitrogens with zero attached hydrogens (tertiary/aromatic N) is 1. The molecule has 3 nitrogen and oxygen atoms in total. The Balaban J connectivity index is 2.10. The van der Waals surface area contributed by atoms with Crippen molar-refractivity contribution in [3.8, 4) is 5.75 Å². The van der Waals surface area contributed by atoms with E-state index < -0.39 is 0 Å². The Bertz CT molecular complexity index is 542. The Morgan fingerprint density at radius 1 is 1.38 bits per heavy atom. The summed E-state index contributed by atoms with van der Waals surface area (Å²) in [5.74, 6) is 0.393. The monoisotopic (exact) mass is 289 g/mol. The highest BCUT2D eigenvalue weighted by Gasteiger charge is 2.53. The van der Waals surface area contributed by atoms with Crippen molar-refractivity contribution in [3.63, 3.8) is 0 Å². The van der Waals surface area contributed by atoms with Crippen molar-refractivity contribution in [2.24, 2.45) is 5.41 Å². The van der Waals surface area contributed by atoms with Gasteiger partial charge in [0.1, 0.15) is 5.75 Å². The highest BCUT2D eigenvalue weighted by atomic mass is 16.5. The third-order valence-electron chi connectivity index (χ3n) is 5.76. The second-order valence-corrected chi connectivity index (χ2v) is 7.57. The molecule has 3 rings (SSSR count). The summed E-state index contributed by atoms with van der Waals surface area (Å²) in [7, 11) is 6.20. The largest absolute Gasteiger partial charge is 0.508 e. The van der Waals surface area contributed by atoms with E-state index in [9.17, 15) is 5.11 Å². The molecule has 1 fully saturated rings. The lowest BCUT2D eigenvalue weighted by Crippen LogP contribution is -2.58. The number of phenolic OH excluding ortho intramolecular Hbond substituents is 1. The minimum Gasteiger partial charge on any atom is -0.508 e. The van der Waals surface area contributed by atoms with Gasteiger partial charge in [-0.2, -0.15) is 0 Å². The first-order valence-electron chi connectivity index (χ1n) is 7.88. The zero-order valence-electron chi connectivity index (χ0n) is 13.6. The van der Waals surface area contributed by atoms with Gasteiger partial charge in [-0.3, -0.25) is 0 Å². The molecule has 0 spiro atoms. The van der Waals surface area contributed by atoms with E-state index in [1.54, 1.807) is 0 Å². The summed E-state index contributed by atoms with van der Waals surface area (Å²) in [5, 5.41) is 9.87. The normalized spacial score (nSPS) is 34.8. The summed E-state index contributed by atoms with van der Waals surface area (Å²) >= 11 is 0. The van der Waals surface area contributed by atoms with E-state index in [-0.39, 0.29) is 10.8 Å². The molecule has 21 heavy (non-hydrogen) atoms. The Hall–Kier alpha value is -1.06. The van der Waals surface area contributed by atoms with E-state index in [1.165, 1.54) is 24.0 Å². The van der Waals surface area contributed by atoms with Gasteiger partial charge >= 0.3 is 0 Å². The second kappa shape index (κ2) is 4.99. The highest BCUT2D eigenvalue weighted by Crippen LogP contribution is 2.56. The molecule has 2 bridgehead atoms. The number of methoxy groups -OCH3 is 1. The molecule has 3 heteroatoms. The van der Waals surface area contributed by atoms with Crippen LogP contribution in [0.2, 0.25) is 0 Å². The first-order chi connectivity index (χ1) is 9.90. The Kier molecular flexibility index (Phi) is 3.53. The molecule has 0 amide bonds. The van der Waals surface area contributed by atoms with E-state index in [2.05, 4.69) is 32.0 Å². The van der Waals surface area contributed by atoms with Crippen LogP contribution in [0, 0.1) is 5.41 Å². The summed E-state index contributed by atoms with van der Waals surface area (Å²) in [5.41, 5.74) is 3.10. The molecule has 1 saturated carbocycles. The van der Waals surface area contributed by atoms with Crippen LogP contribution in [0.1, 0.15) is 37.3 Å². The topological polar surface area (TPSA) is 32.7 Å². The van der Waals surface area contributed by atoms with E-state index in [1.807, 2.05) is 19.2 Å². The van der Waals surface area contributed by atoms with Crippen LogP contribution in [-0.4, -0.2) is 43.9 Å². The van der Waals surface area contributed by atoms with Crippen LogP contribution in [0.15, 0.2) is 18.2 Å². The molecule has 2 aliphatic rings. The fourth-order valence-electron chi connectivity index (χ4n) is 5.11. The summed E-state index contributed by atoms with van der Waals surface area (Å²) in [6.07, 6.45) is 4.57. The third-order valence-corrected chi connectivity index (χ3v) is 5.76. The van der Waals surface area contributed by atoms with Crippen LogP contribution in [0.25, 0.3) is 0 Å². The van der Waals surface area contributed by atoms with Crippen molar-refractivity contribution in [1.29, 1.82) is 0 Å². The molecular formula is C18H27NO2. The minimum absolute atomic E-state index is 0.164. The quantitative estimate of drug-likeness (QED) is 0.928. The number of ether oxygens (including phenoxy) is 1. The number of benzene rings is 1. The van der Waals surface area contributed by atoms with E-state index in [0.717, 1.165) is 19.4 Å². The molecule has 1 aromatic rings. The van der Waals surface area contributed by atoms with Gasteiger partial charge in [-0.15, -0.1) is 0 Å². The number of aromatic hydroxyl groups is 1. The molecule has 1 aromatic carbocycles. The van der Waals surface area contributed by atoms with Crippen molar-refractivity contribution in [2.75, 3.05) is 27.8 Å². The molecule has 2 aliphatic carbocycles. The standard InChI is InChI=1S/C18H27NO2/c1-17-8-7-16(19(2)3)18(11-17,12-21-4)10-13-5-6-14(20)9-15(13)17/h5-6,9,16,20H,7-8,10-12H2,1-4H3/t16-,17-,18-/m1/s1. The molecule has 0 heterocycles. The molecule has 0 aliphatic heterocycles. The molecule has 116 valence electrons. The van der Waals surface area contributed by atoms with Gasteiger partial charge in [0.05, 0.1) is 6.61 Å². The van der Waals surface area contributed by atoms with Crippen LogP contribution in [0.3, 0.4) is 0 Å². The Morgan fingerprint density at radius 2 is 2.14 bits per heavy atom. The maximum absolute atomic E-state index is 9.87. The molecule has 3 atom stereocenters. The van der Waals surface area contributed by atoms with Gasteiger partial charge in [0.2, 0.25) is 0 Å². The van der Waals surface area contributed by atoms with Gasteiger partial charge in [0.15, 0.2) is 0 Å². The van der Waals surface area contributed by atoms with Crippen molar-refractivity contribution in [2.45, 2.75) is 44.1 Å². The number of hydrogen-bond donors (Lipinski definition) is 1. The summed E-state index contributed by atoms with van der Waals surface area (Å²) in [6, 6.07) is 6.49. The predicted octanol–water partition coefficient (Wildman–Crippen LogP) is 2.95. The minimum atomic E-state index is 0.164. The van der Waals surface area contributed by atoms with Gasteiger partial charge in [-0.1, -0.05) is 13.0 Å². The average molecular weight is 289 g/mol. The van der Waals surface area contributed by atoms with Crippen molar-refractivity contribution >= 4 is 0 Å². The number of hydrogen-bond acceptors (Lipinski definition) is 3. The van der Waals surface area contributed by atoms with Crippen molar-refractivity contribution in [3.05, 3.63) is 29.3 Å². The SMILES string of the molecule is COC[C@]12Cc3ccc(O)cc3[C@](C)(CC[C@H]1N(C)C)C2. The molecule has 1 N–H and O–H groups in total. The van der Waals surface area contributed by atoms with Gasteiger partial charge in [-0.05, 0) is 68.5 Å². The number of phenols is 1. The van der Waals surface area contributed by atoms with Crippen molar-refractivity contribution < 1.29 is 9.84 Å². The van der Waals surface area contributed by atoms with Crippen LogP contribution < -0.4 is 0 Å². The second-order valence-electron chi connectivity index (χ2n) is 7.57. The number of fused-ring (bicyclic) bond motifs is 4.